The van der Waals surface area contributed by atoms with Crippen molar-refractivity contribution in [2.75, 3.05) is 7.11 Å². The van der Waals surface area contributed by atoms with Gasteiger partial charge in [-0.3, -0.25) is 0 Å². The van der Waals surface area contributed by atoms with E-state index < -0.39 is 0 Å². The van der Waals surface area contributed by atoms with E-state index in [-0.39, 0.29) is 12.4 Å². The molecular weight excluding hydrogens is 174 g/mol. The van der Waals surface area contributed by atoms with E-state index >= 15 is 0 Å². The first-order valence-electron chi connectivity index (χ1n) is 3.66. The minimum Gasteiger partial charge on any atom is -1.00 e. The molecule has 0 bridgehead atoms. The largest absolute Gasteiger partial charge is 1.00 e. The summed E-state index contributed by atoms with van der Waals surface area (Å²) >= 11 is 0. The van der Waals surface area contributed by atoms with Gasteiger partial charge in [-0.05, 0) is 0 Å². The summed E-state index contributed by atoms with van der Waals surface area (Å²) in [6.07, 6.45) is 0. The Bertz CT molecular complexity index is 250. The molecule has 0 fully saturated rings. The van der Waals surface area contributed by atoms with Gasteiger partial charge in [-0.2, -0.15) is 0 Å². The molecule has 0 aromatic carbocycles. The number of halogens is 1. The molecule has 0 N–H and O–H groups in total. The molecule has 0 spiro atoms. The molecule has 0 radical (unpaired) electrons. The maximum Gasteiger partial charge on any atom is 0.181 e. The van der Waals surface area contributed by atoms with Crippen molar-refractivity contribution in [2.45, 2.75) is 13.8 Å². The monoisotopic (exact) mass is 187 g/mol. The van der Waals surface area contributed by atoms with Gasteiger partial charge in [0, 0.05) is 26.0 Å². The SMILES string of the molecule is COc1cc(C)[n+](C)c(C)c1.[Cl-]. The second kappa shape index (κ2) is 4.31. The molecule has 0 saturated heterocycles. The topological polar surface area (TPSA) is 13.1 Å². The zero-order chi connectivity index (χ0) is 8.43. The lowest BCUT2D eigenvalue weighted by atomic mass is 10.3. The molecule has 1 heterocycles. The zero-order valence-corrected chi connectivity index (χ0v) is 8.64. The van der Waals surface area contributed by atoms with Crippen LogP contribution in [-0.4, -0.2) is 7.11 Å². The zero-order valence-electron chi connectivity index (χ0n) is 7.89. The van der Waals surface area contributed by atoms with E-state index in [1.54, 1.807) is 7.11 Å². The van der Waals surface area contributed by atoms with Gasteiger partial charge in [0.05, 0.1) is 7.11 Å². The van der Waals surface area contributed by atoms with Crippen LogP contribution in [0, 0.1) is 13.8 Å². The van der Waals surface area contributed by atoms with Gasteiger partial charge in [0.2, 0.25) is 0 Å². The first kappa shape index (κ1) is 11.2. The van der Waals surface area contributed by atoms with Gasteiger partial charge in [0.25, 0.3) is 0 Å². The second-order valence-corrected chi connectivity index (χ2v) is 2.74. The highest BCUT2D eigenvalue weighted by Gasteiger charge is 2.06. The highest BCUT2D eigenvalue weighted by atomic mass is 35.5. The summed E-state index contributed by atoms with van der Waals surface area (Å²) in [6, 6.07) is 4.04. The van der Waals surface area contributed by atoms with Gasteiger partial charge >= 0.3 is 0 Å². The van der Waals surface area contributed by atoms with Gasteiger partial charge in [0.1, 0.15) is 12.8 Å². The molecule has 0 aliphatic rings. The average molecular weight is 188 g/mol. The number of nitrogens with zero attached hydrogens (tertiary/aromatic N) is 1. The van der Waals surface area contributed by atoms with E-state index in [0.717, 1.165) is 5.75 Å². The Morgan fingerprint density at radius 3 is 1.92 bits per heavy atom. The van der Waals surface area contributed by atoms with Crippen LogP contribution in [0.3, 0.4) is 0 Å². The third kappa shape index (κ3) is 2.11. The summed E-state index contributed by atoms with van der Waals surface area (Å²) < 4.78 is 7.24. The van der Waals surface area contributed by atoms with Crippen LogP contribution in [0.25, 0.3) is 0 Å². The van der Waals surface area contributed by atoms with Crippen LogP contribution in [0.4, 0.5) is 0 Å². The second-order valence-electron chi connectivity index (χ2n) is 2.74. The number of hydrogen-bond acceptors (Lipinski definition) is 1. The summed E-state index contributed by atoms with van der Waals surface area (Å²) in [7, 11) is 3.73. The van der Waals surface area contributed by atoms with Crippen molar-refractivity contribution >= 4 is 0 Å². The highest BCUT2D eigenvalue weighted by molar-refractivity contribution is 5.21. The molecular formula is C9H14ClNO. The predicted octanol–water partition coefficient (Wildman–Crippen LogP) is -1.86. The number of aryl methyl sites for hydroxylation is 2. The van der Waals surface area contributed by atoms with Crippen molar-refractivity contribution in [1.29, 1.82) is 0 Å². The maximum atomic E-state index is 5.12. The molecule has 12 heavy (non-hydrogen) atoms. The molecule has 1 aromatic rings. The summed E-state index contributed by atoms with van der Waals surface area (Å²) in [6.45, 7) is 4.13. The van der Waals surface area contributed by atoms with E-state index in [4.69, 9.17) is 4.74 Å². The molecule has 3 heteroatoms. The van der Waals surface area contributed by atoms with Crippen molar-refractivity contribution in [3.63, 3.8) is 0 Å². The Balaban J connectivity index is 0.00000121. The smallest absolute Gasteiger partial charge is 0.181 e. The summed E-state index contributed by atoms with van der Waals surface area (Å²) in [5, 5.41) is 0. The van der Waals surface area contributed by atoms with Gasteiger partial charge in [-0.25, -0.2) is 4.57 Å². The molecule has 1 rings (SSSR count). The van der Waals surface area contributed by atoms with E-state index in [9.17, 15) is 0 Å². The lowest BCUT2D eigenvalue weighted by molar-refractivity contribution is -0.683. The Morgan fingerprint density at radius 1 is 1.17 bits per heavy atom. The van der Waals surface area contributed by atoms with E-state index in [2.05, 4.69) is 18.4 Å². The van der Waals surface area contributed by atoms with Crippen LogP contribution in [0.5, 0.6) is 5.75 Å². The molecule has 1 aromatic heterocycles. The normalized spacial score (nSPS) is 9.00. The highest BCUT2D eigenvalue weighted by Crippen LogP contribution is 2.10. The summed E-state index contributed by atoms with van der Waals surface area (Å²) in [5.74, 6) is 0.929. The predicted molar refractivity (Wildman–Crippen MR) is 43.6 cm³/mol. The third-order valence-electron chi connectivity index (χ3n) is 2.00. The Labute approximate surface area is 79.6 Å². The van der Waals surface area contributed by atoms with Gasteiger partial charge < -0.3 is 17.1 Å². The molecule has 0 unspecified atom stereocenters. The number of methoxy groups -OCH3 is 1. The van der Waals surface area contributed by atoms with Crippen LogP contribution in [0.15, 0.2) is 12.1 Å². The first-order valence-corrected chi connectivity index (χ1v) is 3.66. The van der Waals surface area contributed by atoms with Crippen molar-refractivity contribution in [3.8, 4) is 5.75 Å². The minimum absolute atomic E-state index is 0. The number of hydrogen-bond donors (Lipinski definition) is 0. The van der Waals surface area contributed by atoms with Gasteiger partial charge in [0.15, 0.2) is 11.4 Å². The molecule has 0 saturated carbocycles. The molecule has 0 aliphatic heterocycles. The average Bonchev–Trinajstić information content (AvgIpc) is 1.99. The Hall–Kier alpha value is -0.760. The van der Waals surface area contributed by atoms with Crippen LogP contribution < -0.4 is 21.7 Å². The maximum absolute atomic E-state index is 5.12. The lowest BCUT2D eigenvalue weighted by Crippen LogP contribution is -3.00. The summed E-state index contributed by atoms with van der Waals surface area (Å²) in [4.78, 5) is 0. The van der Waals surface area contributed by atoms with Crippen molar-refractivity contribution in [2.24, 2.45) is 7.05 Å². The molecule has 2 nitrogen and oxygen atoms in total. The fourth-order valence-electron chi connectivity index (χ4n) is 1.04. The molecule has 0 atom stereocenters. The molecule has 0 amide bonds. The van der Waals surface area contributed by atoms with Crippen LogP contribution in [0.2, 0.25) is 0 Å². The standard InChI is InChI=1S/C9H14NO.ClH/c1-7-5-9(11-4)6-8(2)10(7)3;/h5-6H,1-4H3;1H/q+1;/p-1. The van der Waals surface area contributed by atoms with Crippen molar-refractivity contribution < 1.29 is 21.7 Å². The Kier molecular flexibility index (Phi) is 4.04. The quantitative estimate of drug-likeness (QED) is 0.471. The lowest BCUT2D eigenvalue weighted by Gasteiger charge is -2.01. The fraction of sp³-hybridized carbons (Fsp3) is 0.444. The van der Waals surface area contributed by atoms with Crippen molar-refractivity contribution in [3.05, 3.63) is 23.5 Å². The number of rotatable bonds is 1. The van der Waals surface area contributed by atoms with E-state index in [1.165, 1.54) is 11.4 Å². The van der Waals surface area contributed by atoms with Gasteiger partial charge in [-0.15, -0.1) is 0 Å². The first-order chi connectivity index (χ1) is 5.15. The molecule has 68 valence electrons. The number of pyridine rings is 1. The van der Waals surface area contributed by atoms with Crippen LogP contribution >= 0.6 is 0 Å². The summed E-state index contributed by atoms with van der Waals surface area (Å²) in [5.41, 5.74) is 2.42. The molecule has 0 aliphatic carbocycles. The Morgan fingerprint density at radius 2 is 1.58 bits per heavy atom. The van der Waals surface area contributed by atoms with E-state index in [1.807, 2.05) is 19.2 Å². The minimum atomic E-state index is 0. The van der Waals surface area contributed by atoms with Crippen LogP contribution in [-0.2, 0) is 7.05 Å². The van der Waals surface area contributed by atoms with Crippen LogP contribution in [0.1, 0.15) is 11.4 Å². The fourth-order valence-corrected chi connectivity index (χ4v) is 1.04. The third-order valence-corrected chi connectivity index (χ3v) is 2.00. The van der Waals surface area contributed by atoms with E-state index in [0.29, 0.717) is 0 Å². The van der Waals surface area contributed by atoms with Crippen molar-refractivity contribution in [1.82, 2.24) is 0 Å². The van der Waals surface area contributed by atoms with Gasteiger partial charge in [-0.1, -0.05) is 0 Å². The number of ether oxygens (including phenoxy) is 1. The number of aromatic nitrogens is 1.